The van der Waals surface area contributed by atoms with E-state index in [1.165, 1.54) is 18.1 Å². The number of esters is 1. The number of fused-ring (bicyclic) bond motifs is 3. The van der Waals surface area contributed by atoms with E-state index in [2.05, 4.69) is 20.8 Å². The maximum atomic E-state index is 9.82. The fraction of sp³-hybridized carbons (Fsp3) is 0.267. The van der Waals surface area contributed by atoms with Gasteiger partial charge in [0.25, 0.3) is 0 Å². The lowest BCUT2D eigenvalue weighted by Gasteiger charge is -2.04. The summed E-state index contributed by atoms with van der Waals surface area (Å²) >= 11 is 0. The molecule has 0 N–H and O–H groups in total. The zero-order valence-corrected chi connectivity index (χ0v) is 11.1. The molecule has 0 amide bonds. The number of aliphatic imine (C=N–C) groups is 2. The van der Waals surface area contributed by atoms with E-state index in [-0.39, 0.29) is 5.97 Å². The SMILES string of the molecule is C1=NCC2=Nc3ccccc3C2=C1.CCOC(C)=O. The summed E-state index contributed by atoms with van der Waals surface area (Å²) in [4.78, 5) is 18.5. The molecule has 0 aromatic heterocycles. The molecule has 1 aromatic carbocycles. The van der Waals surface area contributed by atoms with Crippen molar-refractivity contribution in [1.29, 1.82) is 0 Å². The van der Waals surface area contributed by atoms with Gasteiger partial charge >= 0.3 is 5.97 Å². The van der Waals surface area contributed by atoms with Crippen LogP contribution in [0.5, 0.6) is 0 Å². The van der Waals surface area contributed by atoms with Crippen LogP contribution in [0.25, 0.3) is 5.57 Å². The predicted molar refractivity (Wildman–Crippen MR) is 77.2 cm³/mol. The van der Waals surface area contributed by atoms with Crippen LogP contribution in [0.15, 0.2) is 40.3 Å². The molecule has 2 aliphatic rings. The summed E-state index contributed by atoms with van der Waals surface area (Å²) in [6.07, 6.45) is 3.89. The third-order valence-electron chi connectivity index (χ3n) is 2.70. The first-order valence-corrected chi connectivity index (χ1v) is 6.23. The zero-order valence-electron chi connectivity index (χ0n) is 11.1. The second kappa shape index (κ2) is 6.09. The minimum Gasteiger partial charge on any atom is -0.466 e. The molecule has 0 saturated carbocycles. The molecule has 0 unspecified atom stereocenters. The topological polar surface area (TPSA) is 51.0 Å². The fourth-order valence-corrected chi connectivity index (χ4v) is 1.94. The summed E-state index contributed by atoms with van der Waals surface area (Å²) < 4.78 is 4.40. The molecule has 0 spiro atoms. The van der Waals surface area contributed by atoms with Crippen LogP contribution in [0.4, 0.5) is 5.69 Å². The van der Waals surface area contributed by atoms with E-state index in [0.717, 1.165) is 17.9 Å². The lowest BCUT2D eigenvalue weighted by atomic mass is 10.0. The molecule has 0 atom stereocenters. The van der Waals surface area contributed by atoms with E-state index >= 15 is 0 Å². The molecule has 2 aliphatic heterocycles. The van der Waals surface area contributed by atoms with E-state index in [0.29, 0.717) is 6.61 Å². The van der Waals surface area contributed by atoms with Crippen molar-refractivity contribution < 1.29 is 9.53 Å². The van der Waals surface area contributed by atoms with Crippen LogP contribution in [0.3, 0.4) is 0 Å². The number of dihydropyridines is 1. The number of rotatable bonds is 1. The summed E-state index contributed by atoms with van der Waals surface area (Å²) in [5.41, 5.74) is 4.66. The van der Waals surface area contributed by atoms with Crippen LogP contribution in [0, 0.1) is 0 Å². The van der Waals surface area contributed by atoms with E-state index in [4.69, 9.17) is 0 Å². The van der Waals surface area contributed by atoms with E-state index in [1.807, 2.05) is 30.5 Å². The molecule has 2 heterocycles. The molecule has 0 aliphatic carbocycles. The number of nitrogens with zero attached hydrogens (tertiary/aromatic N) is 2. The average molecular weight is 256 g/mol. The van der Waals surface area contributed by atoms with Gasteiger partial charge in [0.05, 0.1) is 24.6 Å². The standard InChI is InChI=1S/C11H8N2.C4H8O2/c1-2-4-10-8(3-1)9-5-6-12-7-11(9)13-10;1-3-6-4(2)5/h1-6H,7H2;3H2,1-2H3. The Balaban J connectivity index is 0.000000192. The molecule has 4 heteroatoms. The summed E-state index contributed by atoms with van der Waals surface area (Å²) in [5.74, 6) is -0.211. The fourth-order valence-electron chi connectivity index (χ4n) is 1.94. The Morgan fingerprint density at radius 2 is 2.16 bits per heavy atom. The van der Waals surface area contributed by atoms with Crippen molar-refractivity contribution in [3.05, 3.63) is 35.9 Å². The summed E-state index contributed by atoms with van der Waals surface area (Å²) in [6.45, 7) is 4.38. The van der Waals surface area contributed by atoms with Crippen molar-refractivity contribution in [3.63, 3.8) is 0 Å². The Morgan fingerprint density at radius 1 is 1.37 bits per heavy atom. The van der Waals surface area contributed by atoms with E-state index in [1.54, 1.807) is 6.92 Å². The molecular formula is C15H16N2O2. The predicted octanol–water partition coefficient (Wildman–Crippen LogP) is 2.81. The summed E-state index contributed by atoms with van der Waals surface area (Å²) in [5, 5.41) is 0. The monoisotopic (exact) mass is 256 g/mol. The maximum Gasteiger partial charge on any atom is 0.302 e. The normalized spacial score (nSPS) is 14.4. The third-order valence-corrected chi connectivity index (χ3v) is 2.70. The first-order valence-electron chi connectivity index (χ1n) is 6.23. The van der Waals surface area contributed by atoms with Gasteiger partial charge in [0.1, 0.15) is 0 Å². The van der Waals surface area contributed by atoms with Crippen molar-refractivity contribution >= 4 is 29.2 Å². The lowest BCUT2D eigenvalue weighted by molar-refractivity contribution is -0.140. The smallest absolute Gasteiger partial charge is 0.302 e. The van der Waals surface area contributed by atoms with Crippen LogP contribution < -0.4 is 0 Å². The van der Waals surface area contributed by atoms with Crippen molar-refractivity contribution in [3.8, 4) is 0 Å². The van der Waals surface area contributed by atoms with Crippen LogP contribution >= 0.6 is 0 Å². The van der Waals surface area contributed by atoms with Gasteiger partial charge in [-0.25, -0.2) is 0 Å². The minimum absolute atomic E-state index is 0.211. The summed E-state index contributed by atoms with van der Waals surface area (Å²) in [7, 11) is 0. The molecular weight excluding hydrogens is 240 g/mol. The Kier molecular flexibility index (Phi) is 4.23. The first kappa shape index (κ1) is 13.2. The molecule has 98 valence electrons. The van der Waals surface area contributed by atoms with Crippen molar-refractivity contribution in [2.45, 2.75) is 13.8 Å². The largest absolute Gasteiger partial charge is 0.466 e. The molecule has 4 nitrogen and oxygen atoms in total. The van der Waals surface area contributed by atoms with Gasteiger partial charge in [-0.1, -0.05) is 18.2 Å². The van der Waals surface area contributed by atoms with Gasteiger partial charge in [-0.3, -0.25) is 14.8 Å². The van der Waals surface area contributed by atoms with Crippen molar-refractivity contribution in [1.82, 2.24) is 0 Å². The van der Waals surface area contributed by atoms with Crippen LogP contribution in [0.1, 0.15) is 19.4 Å². The van der Waals surface area contributed by atoms with Gasteiger partial charge in [-0.15, -0.1) is 0 Å². The Hall–Kier alpha value is -2.23. The molecule has 0 fully saturated rings. The summed E-state index contributed by atoms with van der Waals surface area (Å²) in [6, 6.07) is 8.21. The number of carbonyl (C=O) groups is 1. The highest BCUT2D eigenvalue weighted by atomic mass is 16.5. The molecule has 19 heavy (non-hydrogen) atoms. The van der Waals surface area contributed by atoms with E-state index in [9.17, 15) is 4.79 Å². The third kappa shape index (κ3) is 3.16. The molecule has 0 bridgehead atoms. The number of para-hydroxylation sites is 1. The van der Waals surface area contributed by atoms with Gasteiger partial charge < -0.3 is 4.74 Å². The number of hydrogen-bond donors (Lipinski definition) is 0. The highest BCUT2D eigenvalue weighted by Crippen LogP contribution is 2.34. The van der Waals surface area contributed by atoms with Gasteiger partial charge in [0.2, 0.25) is 0 Å². The Morgan fingerprint density at radius 3 is 2.84 bits per heavy atom. The van der Waals surface area contributed by atoms with Crippen LogP contribution in [-0.2, 0) is 9.53 Å². The molecule has 0 saturated heterocycles. The van der Waals surface area contributed by atoms with Gasteiger partial charge in [0.15, 0.2) is 0 Å². The van der Waals surface area contributed by atoms with Gasteiger partial charge in [-0.05, 0) is 19.1 Å². The maximum absolute atomic E-state index is 9.82. The average Bonchev–Trinajstić information content (AvgIpc) is 2.78. The Labute approximate surface area is 112 Å². The minimum atomic E-state index is -0.211. The highest BCUT2D eigenvalue weighted by molar-refractivity contribution is 6.32. The highest BCUT2D eigenvalue weighted by Gasteiger charge is 2.20. The van der Waals surface area contributed by atoms with Crippen molar-refractivity contribution in [2.24, 2.45) is 9.98 Å². The van der Waals surface area contributed by atoms with Gasteiger partial charge in [-0.2, -0.15) is 0 Å². The number of carbonyl (C=O) groups excluding carboxylic acids is 1. The van der Waals surface area contributed by atoms with Gasteiger partial charge in [0, 0.05) is 24.3 Å². The van der Waals surface area contributed by atoms with Crippen molar-refractivity contribution in [2.75, 3.05) is 13.2 Å². The lowest BCUT2D eigenvalue weighted by Crippen LogP contribution is -2.05. The molecule has 0 radical (unpaired) electrons. The second-order valence-corrected chi connectivity index (χ2v) is 4.07. The zero-order chi connectivity index (χ0) is 13.7. The Bertz CT molecular complexity index is 571. The van der Waals surface area contributed by atoms with Crippen LogP contribution in [-0.4, -0.2) is 31.0 Å². The first-order chi connectivity index (χ1) is 9.22. The second-order valence-electron chi connectivity index (χ2n) is 4.07. The number of benzene rings is 1. The van der Waals surface area contributed by atoms with Crippen LogP contribution in [0.2, 0.25) is 0 Å². The number of ether oxygens (including phenoxy) is 1. The van der Waals surface area contributed by atoms with E-state index < -0.39 is 0 Å². The molecule has 1 aromatic rings. The molecule has 3 rings (SSSR count). The number of hydrogen-bond acceptors (Lipinski definition) is 4. The number of allylic oxidation sites excluding steroid dienone is 1. The quantitative estimate of drug-likeness (QED) is 0.725.